The number of nitro groups is 1. The van der Waals surface area contributed by atoms with Gasteiger partial charge in [0.05, 0.1) is 11.2 Å². The number of benzene rings is 1. The third-order valence-corrected chi connectivity index (χ3v) is 2.43. The van der Waals surface area contributed by atoms with Crippen LogP contribution in [0.1, 0.15) is 11.3 Å². The lowest BCUT2D eigenvalue weighted by Gasteiger charge is -2.01. The van der Waals surface area contributed by atoms with E-state index in [4.69, 9.17) is 9.15 Å². The van der Waals surface area contributed by atoms with Crippen molar-refractivity contribution in [2.45, 2.75) is 6.61 Å². The van der Waals surface area contributed by atoms with Crippen molar-refractivity contribution >= 4 is 17.7 Å². The van der Waals surface area contributed by atoms with E-state index in [1.165, 1.54) is 30.5 Å². The fraction of sp³-hybridized carbons (Fsp3) is 0.0714. The van der Waals surface area contributed by atoms with Crippen molar-refractivity contribution in [2.75, 3.05) is 0 Å². The van der Waals surface area contributed by atoms with Crippen LogP contribution in [-0.4, -0.2) is 10.9 Å². The quantitative estimate of drug-likeness (QED) is 0.362. The smallest absolute Gasteiger partial charge is 0.331 e. The Bertz CT molecular complexity index is 631. The van der Waals surface area contributed by atoms with E-state index >= 15 is 0 Å². The zero-order valence-corrected chi connectivity index (χ0v) is 10.4. The number of non-ortho nitro benzene ring substituents is 1. The van der Waals surface area contributed by atoms with E-state index in [1.807, 2.05) is 0 Å². The zero-order chi connectivity index (χ0) is 14.4. The average Bonchev–Trinajstić information content (AvgIpc) is 2.96. The Kier molecular flexibility index (Phi) is 4.28. The molecule has 0 saturated carbocycles. The summed E-state index contributed by atoms with van der Waals surface area (Å²) in [5, 5.41) is 10.6. The monoisotopic (exact) mass is 273 g/mol. The van der Waals surface area contributed by atoms with Crippen LogP contribution in [-0.2, 0) is 16.1 Å². The van der Waals surface area contributed by atoms with Gasteiger partial charge in [0, 0.05) is 18.2 Å². The second-order valence-electron chi connectivity index (χ2n) is 3.88. The maximum Gasteiger partial charge on any atom is 0.331 e. The lowest BCUT2D eigenvalue weighted by atomic mass is 10.2. The molecule has 20 heavy (non-hydrogen) atoms. The van der Waals surface area contributed by atoms with Gasteiger partial charge in [-0.2, -0.15) is 0 Å². The molecule has 1 aromatic carbocycles. The highest BCUT2D eigenvalue weighted by atomic mass is 16.6. The molecule has 0 unspecified atom stereocenters. The summed E-state index contributed by atoms with van der Waals surface area (Å²) in [6, 6.07) is 9.33. The summed E-state index contributed by atoms with van der Waals surface area (Å²) in [5.41, 5.74) is 0.517. The van der Waals surface area contributed by atoms with Crippen LogP contribution in [0.15, 0.2) is 53.2 Å². The molecule has 1 heterocycles. The molecule has 1 aromatic heterocycles. The zero-order valence-electron chi connectivity index (χ0n) is 10.4. The second-order valence-corrected chi connectivity index (χ2v) is 3.88. The molecule has 2 rings (SSSR count). The number of carbonyl (C=O) groups is 1. The molecule has 2 aromatic rings. The van der Waals surface area contributed by atoms with Crippen LogP contribution in [0.4, 0.5) is 5.69 Å². The Labute approximate surface area is 114 Å². The van der Waals surface area contributed by atoms with Crippen LogP contribution in [0, 0.1) is 10.1 Å². The normalized spacial score (nSPS) is 10.6. The lowest BCUT2D eigenvalue weighted by molar-refractivity contribution is -0.384. The molecule has 0 N–H and O–H groups in total. The highest BCUT2D eigenvalue weighted by Crippen LogP contribution is 2.14. The van der Waals surface area contributed by atoms with Gasteiger partial charge in [-0.15, -0.1) is 0 Å². The molecule has 0 radical (unpaired) electrons. The third-order valence-electron chi connectivity index (χ3n) is 2.43. The fourth-order valence-electron chi connectivity index (χ4n) is 1.50. The molecule has 0 fully saturated rings. The minimum absolute atomic E-state index is 0.0248. The fourth-order valence-corrected chi connectivity index (χ4v) is 1.50. The van der Waals surface area contributed by atoms with Crippen LogP contribution >= 0.6 is 0 Å². The van der Waals surface area contributed by atoms with E-state index < -0.39 is 10.9 Å². The van der Waals surface area contributed by atoms with E-state index in [2.05, 4.69) is 0 Å². The largest absolute Gasteiger partial charge is 0.465 e. The maximum atomic E-state index is 11.4. The van der Waals surface area contributed by atoms with E-state index in [9.17, 15) is 14.9 Å². The number of ether oxygens (including phenoxy) is 1. The molecule has 0 bridgehead atoms. The number of hydrogen-bond acceptors (Lipinski definition) is 5. The molecule has 0 aliphatic heterocycles. The Balaban J connectivity index is 1.90. The lowest BCUT2D eigenvalue weighted by Crippen LogP contribution is -2.01. The van der Waals surface area contributed by atoms with Crippen molar-refractivity contribution < 1.29 is 18.9 Å². The highest BCUT2D eigenvalue weighted by Gasteiger charge is 2.06. The van der Waals surface area contributed by atoms with E-state index in [1.54, 1.807) is 24.3 Å². The molecule has 0 aliphatic rings. The number of nitrogens with zero attached hydrogens (tertiary/aromatic N) is 1. The molecule has 6 heteroatoms. The second kappa shape index (κ2) is 6.33. The van der Waals surface area contributed by atoms with Gasteiger partial charge in [0.1, 0.15) is 12.4 Å². The average molecular weight is 273 g/mol. The number of carbonyl (C=O) groups excluding carboxylic acids is 1. The Morgan fingerprint density at radius 2 is 2.20 bits per heavy atom. The first-order chi connectivity index (χ1) is 9.65. The number of hydrogen-bond donors (Lipinski definition) is 0. The van der Waals surface area contributed by atoms with Gasteiger partial charge in [-0.3, -0.25) is 10.1 Å². The summed E-state index contributed by atoms with van der Waals surface area (Å²) in [6.07, 6.45) is 4.21. The first-order valence-electron chi connectivity index (χ1n) is 5.77. The molecule has 0 aliphatic carbocycles. The number of furan rings is 1. The van der Waals surface area contributed by atoms with Crippen molar-refractivity contribution in [3.63, 3.8) is 0 Å². The molecule has 0 atom stereocenters. The number of nitro benzene ring substituents is 1. The van der Waals surface area contributed by atoms with Crippen LogP contribution in [0.25, 0.3) is 6.08 Å². The van der Waals surface area contributed by atoms with Gasteiger partial charge in [0.15, 0.2) is 0 Å². The van der Waals surface area contributed by atoms with Gasteiger partial charge in [-0.1, -0.05) is 12.1 Å². The van der Waals surface area contributed by atoms with Crippen LogP contribution < -0.4 is 0 Å². The first-order valence-corrected chi connectivity index (χ1v) is 5.77. The number of rotatable bonds is 5. The predicted octanol–water partition coefficient (Wildman–Crippen LogP) is 2.94. The predicted molar refractivity (Wildman–Crippen MR) is 70.6 cm³/mol. The highest BCUT2D eigenvalue weighted by molar-refractivity contribution is 5.86. The van der Waals surface area contributed by atoms with E-state index in [0.29, 0.717) is 11.3 Å². The summed E-state index contributed by atoms with van der Waals surface area (Å²) in [4.78, 5) is 21.5. The Morgan fingerprint density at radius 1 is 1.35 bits per heavy atom. The third kappa shape index (κ3) is 3.81. The molecule has 102 valence electrons. The van der Waals surface area contributed by atoms with Gasteiger partial charge in [0.2, 0.25) is 0 Å². The summed E-state index contributed by atoms with van der Waals surface area (Å²) < 4.78 is 9.99. The van der Waals surface area contributed by atoms with Gasteiger partial charge in [-0.05, 0) is 23.8 Å². The summed E-state index contributed by atoms with van der Waals surface area (Å²) >= 11 is 0. The van der Waals surface area contributed by atoms with Gasteiger partial charge >= 0.3 is 5.97 Å². The van der Waals surface area contributed by atoms with Gasteiger partial charge in [0.25, 0.3) is 5.69 Å². The Morgan fingerprint density at radius 3 is 2.90 bits per heavy atom. The SMILES string of the molecule is O=C(/C=C/c1ccco1)OCc1cccc([N+](=O)[O-])c1. The van der Waals surface area contributed by atoms with Crippen LogP contribution in [0.2, 0.25) is 0 Å². The molecule has 6 nitrogen and oxygen atoms in total. The molecule has 0 saturated heterocycles. The molecular formula is C14H11NO5. The summed E-state index contributed by atoms with van der Waals surface area (Å²) in [7, 11) is 0. The van der Waals surface area contributed by atoms with Crippen molar-refractivity contribution in [2.24, 2.45) is 0 Å². The summed E-state index contributed by atoms with van der Waals surface area (Å²) in [6.45, 7) is -0.0248. The maximum absolute atomic E-state index is 11.4. The van der Waals surface area contributed by atoms with Gasteiger partial charge < -0.3 is 9.15 Å². The van der Waals surface area contributed by atoms with E-state index in [-0.39, 0.29) is 12.3 Å². The first kappa shape index (κ1) is 13.5. The van der Waals surface area contributed by atoms with Crippen LogP contribution in [0.3, 0.4) is 0 Å². The summed E-state index contributed by atoms with van der Waals surface area (Å²) in [5.74, 6) is -0.00907. The van der Waals surface area contributed by atoms with Crippen molar-refractivity contribution in [1.82, 2.24) is 0 Å². The van der Waals surface area contributed by atoms with Crippen molar-refractivity contribution in [3.05, 3.63) is 70.2 Å². The molecule has 0 amide bonds. The Hall–Kier alpha value is -2.89. The van der Waals surface area contributed by atoms with Crippen LogP contribution in [0.5, 0.6) is 0 Å². The van der Waals surface area contributed by atoms with E-state index in [0.717, 1.165) is 0 Å². The molecule has 0 spiro atoms. The van der Waals surface area contributed by atoms with Crippen molar-refractivity contribution in [3.8, 4) is 0 Å². The molecular weight excluding hydrogens is 262 g/mol. The minimum atomic E-state index is -0.548. The van der Waals surface area contributed by atoms with Crippen molar-refractivity contribution in [1.29, 1.82) is 0 Å². The standard InChI is InChI=1S/C14H11NO5/c16-14(7-6-13-5-2-8-19-13)20-10-11-3-1-4-12(9-11)15(17)18/h1-9H,10H2/b7-6+. The topological polar surface area (TPSA) is 82.6 Å². The minimum Gasteiger partial charge on any atom is -0.465 e. The van der Waals surface area contributed by atoms with Gasteiger partial charge in [-0.25, -0.2) is 4.79 Å². The number of esters is 1.